The first-order valence-electron chi connectivity index (χ1n) is 5.82. The first-order chi connectivity index (χ1) is 7.79. The molecule has 0 atom stereocenters. The summed E-state index contributed by atoms with van der Waals surface area (Å²) in [5.41, 5.74) is 0. The zero-order valence-electron chi connectivity index (χ0n) is 9.64. The van der Waals surface area contributed by atoms with E-state index in [9.17, 15) is 0 Å². The molecule has 0 amide bonds. The van der Waals surface area contributed by atoms with E-state index in [0.717, 1.165) is 30.3 Å². The number of aromatic nitrogens is 4. The second kappa shape index (κ2) is 5.72. The molecule has 1 aliphatic rings. The van der Waals surface area contributed by atoms with Crippen LogP contribution in [0.25, 0.3) is 0 Å². The Morgan fingerprint density at radius 3 is 2.81 bits per heavy atom. The van der Waals surface area contributed by atoms with Gasteiger partial charge in [0.25, 0.3) is 0 Å². The fourth-order valence-electron chi connectivity index (χ4n) is 1.97. The van der Waals surface area contributed by atoms with E-state index in [1.807, 2.05) is 7.05 Å². The SMILES string of the molecule is Cn1nnc(CN(CCCBr)C2CCC2)n1. The van der Waals surface area contributed by atoms with Gasteiger partial charge in [-0.3, -0.25) is 4.90 Å². The fourth-order valence-corrected chi connectivity index (χ4v) is 2.22. The molecule has 1 saturated carbocycles. The Bertz CT molecular complexity index is 323. The standard InChI is InChI=1S/C10H18BrN5/c1-15-13-10(12-14-15)8-16(7-3-6-11)9-4-2-5-9/h9H,2-8H2,1H3. The molecule has 6 heteroatoms. The highest BCUT2D eigenvalue weighted by Gasteiger charge is 2.25. The Morgan fingerprint density at radius 1 is 1.50 bits per heavy atom. The Morgan fingerprint density at radius 2 is 2.31 bits per heavy atom. The number of halogens is 1. The molecule has 0 aliphatic heterocycles. The van der Waals surface area contributed by atoms with Gasteiger partial charge in [-0.1, -0.05) is 22.4 Å². The van der Waals surface area contributed by atoms with Crippen molar-refractivity contribution in [3.8, 4) is 0 Å². The molecule has 1 aromatic rings. The molecule has 90 valence electrons. The van der Waals surface area contributed by atoms with Gasteiger partial charge in [0.15, 0.2) is 5.82 Å². The molecule has 0 N–H and O–H groups in total. The molecule has 1 aromatic heterocycles. The first-order valence-corrected chi connectivity index (χ1v) is 6.94. The molecule has 1 aliphatic carbocycles. The van der Waals surface area contributed by atoms with Crippen LogP contribution in [-0.2, 0) is 13.6 Å². The summed E-state index contributed by atoms with van der Waals surface area (Å²) in [5.74, 6) is 0.837. The van der Waals surface area contributed by atoms with Gasteiger partial charge in [0.05, 0.1) is 13.6 Å². The van der Waals surface area contributed by atoms with Crippen LogP contribution in [-0.4, -0.2) is 43.0 Å². The van der Waals surface area contributed by atoms with Gasteiger partial charge < -0.3 is 0 Å². The molecule has 16 heavy (non-hydrogen) atoms. The Hall–Kier alpha value is -0.490. The van der Waals surface area contributed by atoms with Crippen molar-refractivity contribution in [1.29, 1.82) is 0 Å². The van der Waals surface area contributed by atoms with Crippen LogP contribution in [0.5, 0.6) is 0 Å². The number of hydrogen-bond donors (Lipinski definition) is 0. The minimum atomic E-state index is 0.739. The van der Waals surface area contributed by atoms with Crippen molar-refractivity contribution >= 4 is 15.9 Å². The lowest BCUT2D eigenvalue weighted by Gasteiger charge is -2.36. The fraction of sp³-hybridized carbons (Fsp3) is 0.900. The molecular weight excluding hydrogens is 270 g/mol. The van der Waals surface area contributed by atoms with Crippen molar-refractivity contribution in [3.63, 3.8) is 0 Å². The molecule has 1 heterocycles. The highest BCUT2D eigenvalue weighted by molar-refractivity contribution is 9.09. The summed E-state index contributed by atoms with van der Waals surface area (Å²) in [7, 11) is 1.81. The summed E-state index contributed by atoms with van der Waals surface area (Å²) < 4.78 is 0. The second-order valence-electron chi connectivity index (χ2n) is 4.29. The van der Waals surface area contributed by atoms with Crippen LogP contribution in [0.3, 0.4) is 0 Å². The largest absolute Gasteiger partial charge is 0.293 e. The zero-order valence-corrected chi connectivity index (χ0v) is 11.2. The summed E-state index contributed by atoms with van der Waals surface area (Å²) in [4.78, 5) is 4.01. The van der Waals surface area contributed by atoms with Gasteiger partial charge in [0.2, 0.25) is 0 Å². The molecule has 0 aromatic carbocycles. The highest BCUT2D eigenvalue weighted by atomic mass is 79.9. The van der Waals surface area contributed by atoms with Gasteiger partial charge in [-0.15, -0.1) is 10.2 Å². The summed E-state index contributed by atoms with van der Waals surface area (Å²) in [6.07, 6.45) is 5.19. The summed E-state index contributed by atoms with van der Waals surface area (Å²) in [6.45, 7) is 1.96. The number of rotatable bonds is 6. The van der Waals surface area contributed by atoms with E-state index in [0.29, 0.717) is 0 Å². The van der Waals surface area contributed by atoms with Gasteiger partial charge in [-0.05, 0) is 31.0 Å². The average molecular weight is 288 g/mol. The Labute approximate surface area is 104 Å². The van der Waals surface area contributed by atoms with E-state index in [4.69, 9.17) is 0 Å². The maximum atomic E-state index is 4.24. The average Bonchev–Trinajstić information content (AvgIpc) is 2.58. The zero-order chi connectivity index (χ0) is 11.4. The minimum absolute atomic E-state index is 0.739. The number of aryl methyl sites for hydroxylation is 1. The third-order valence-corrected chi connectivity index (χ3v) is 3.63. The van der Waals surface area contributed by atoms with Gasteiger partial charge in [0.1, 0.15) is 0 Å². The topological polar surface area (TPSA) is 46.8 Å². The second-order valence-corrected chi connectivity index (χ2v) is 5.09. The van der Waals surface area contributed by atoms with E-state index in [-0.39, 0.29) is 0 Å². The maximum absolute atomic E-state index is 4.24. The van der Waals surface area contributed by atoms with Gasteiger partial charge in [0, 0.05) is 11.4 Å². The van der Waals surface area contributed by atoms with Crippen LogP contribution in [0.1, 0.15) is 31.5 Å². The van der Waals surface area contributed by atoms with Crippen molar-refractivity contribution in [3.05, 3.63) is 5.82 Å². The van der Waals surface area contributed by atoms with E-state index in [1.54, 1.807) is 0 Å². The predicted octanol–water partition coefficient (Wildman–Crippen LogP) is 1.35. The number of hydrogen-bond acceptors (Lipinski definition) is 4. The third kappa shape index (κ3) is 3.01. The smallest absolute Gasteiger partial charge is 0.188 e. The first kappa shape index (κ1) is 12.0. The molecular formula is C10H18BrN5. The van der Waals surface area contributed by atoms with Crippen LogP contribution in [0.15, 0.2) is 0 Å². The molecule has 2 rings (SSSR count). The minimum Gasteiger partial charge on any atom is -0.293 e. The molecule has 0 spiro atoms. The van der Waals surface area contributed by atoms with Crippen LogP contribution >= 0.6 is 15.9 Å². The molecule has 0 saturated heterocycles. The number of alkyl halides is 1. The van der Waals surface area contributed by atoms with Crippen molar-refractivity contribution in [1.82, 2.24) is 25.1 Å². The summed E-state index contributed by atoms with van der Waals surface area (Å²) in [6, 6.07) is 0.739. The van der Waals surface area contributed by atoms with Crippen LogP contribution < -0.4 is 0 Å². The van der Waals surface area contributed by atoms with Crippen molar-refractivity contribution in [2.45, 2.75) is 38.3 Å². The van der Waals surface area contributed by atoms with Crippen molar-refractivity contribution < 1.29 is 0 Å². The lowest BCUT2D eigenvalue weighted by molar-refractivity contribution is 0.117. The maximum Gasteiger partial charge on any atom is 0.188 e. The molecule has 5 nitrogen and oxygen atoms in total. The van der Waals surface area contributed by atoms with Crippen molar-refractivity contribution in [2.24, 2.45) is 7.05 Å². The lowest BCUT2D eigenvalue weighted by atomic mass is 9.91. The monoisotopic (exact) mass is 287 g/mol. The highest BCUT2D eigenvalue weighted by Crippen LogP contribution is 2.25. The molecule has 0 bridgehead atoms. The Balaban J connectivity index is 1.90. The summed E-state index contributed by atoms with van der Waals surface area (Å²) >= 11 is 3.48. The molecule has 0 unspecified atom stereocenters. The van der Waals surface area contributed by atoms with Gasteiger partial charge in [-0.25, -0.2) is 0 Å². The third-order valence-electron chi connectivity index (χ3n) is 3.06. The molecule has 1 fully saturated rings. The molecule has 0 radical (unpaired) electrons. The van der Waals surface area contributed by atoms with Crippen LogP contribution in [0.2, 0.25) is 0 Å². The number of nitrogens with zero attached hydrogens (tertiary/aromatic N) is 5. The van der Waals surface area contributed by atoms with Gasteiger partial charge in [-0.2, -0.15) is 4.80 Å². The quantitative estimate of drug-likeness (QED) is 0.741. The predicted molar refractivity (Wildman–Crippen MR) is 65.3 cm³/mol. The number of tetrazole rings is 1. The van der Waals surface area contributed by atoms with Crippen LogP contribution in [0.4, 0.5) is 0 Å². The van der Waals surface area contributed by atoms with Gasteiger partial charge >= 0.3 is 0 Å². The normalized spacial score (nSPS) is 16.7. The van der Waals surface area contributed by atoms with E-state index in [2.05, 4.69) is 36.2 Å². The van der Waals surface area contributed by atoms with Crippen LogP contribution in [0, 0.1) is 0 Å². The van der Waals surface area contributed by atoms with Crippen molar-refractivity contribution in [2.75, 3.05) is 11.9 Å². The van der Waals surface area contributed by atoms with E-state index in [1.165, 1.54) is 30.5 Å². The lowest BCUT2D eigenvalue weighted by Crippen LogP contribution is -2.40. The van der Waals surface area contributed by atoms with E-state index >= 15 is 0 Å². The Kier molecular flexibility index (Phi) is 4.29. The van der Waals surface area contributed by atoms with E-state index < -0.39 is 0 Å². The summed E-state index contributed by atoms with van der Waals surface area (Å²) in [5, 5.41) is 13.2.